The molecule has 1 aromatic carbocycles. The first-order valence-corrected chi connectivity index (χ1v) is 5.39. The summed E-state index contributed by atoms with van der Waals surface area (Å²) in [5, 5.41) is 20.0. The van der Waals surface area contributed by atoms with Crippen molar-refractivity contribution < 1.29 is 4.74 Å². The average Bonchev–Trinajstić information content (AvgIpc) is 2.38. The number of nitrogens with zero attached hydrogens (tertiary/aromatic N) is 2. The van der Waals surface area contributed by atoms with Crippen molar-refractivity contribution in [2.45, 2.75) is 0 Å². The first kappa shape index (κ1) is 12.9. The Morgan fingerprint density at radius 3 is 2.82 bits per heavy atom. The molecule has 0 atom stereocenters. The summed E-state index contributed by atoms with van der Waals surface area (Å²) in [5.74, 6) is 1.10. The fourth-order valence-electron chi connectivity index (χ4n) is 1.08. The molecule has 1 rings (SSSR count). The van der Waals surface area contributed by atoms with Crippen molar-refractivity contribution in [1.29, 1.82) is 10.5 Å². The molecule has 4 nitrogen and oxygen atoms in total. The highest BCUT2D eigenvalue weighted by Crippen LogP contribution is 2.17. The highest BCUT2D eigenvalue weighted by Gasteiger charge is 1.96. The van der Waals surface area contributed by atoms with Gasteiger partial charge in [-0.05, 0) is 12.1 Å². The van der Waals surface area contributed by atoms with Crippen molar-refractivity contribution >= 4 is 17.3 Å². The largest absolute Gasteiger partial charge is 0.492 e. The zero-order valence-corrected chi connectivity index (χ0v) is 9.74. The number of alkyl halides is 1. The van der Waals surface area contributed by atoms with Crippen LogP contribution in [0.1, 0.15) is 0 Å². The van der Waals surface area contributed by atoms with Crippen molar-refractivity contribution in [3.8, 4) is 17.9 Å². The van der Waals surface area contributed by atoms with Gasteiger partial charge in [-0.25, -0.2) is 0 Å². The molecule has 0 aliphatic heterocycles. The first-order chi connectivity index (χ1) is 8.30. The Morgan fingerprint density at radius 2 is 2.18 bits per heavy atom. The monoisotopic (exact) mass is 247 g/mol. The molecule has 0 unspecified atom stereocenters. The fraction of sp³-hybridized carbons (Fsp3) is 0.167. The number of hydrogen-bond donors (Lipinski definition) is 1. The van der Waals surface area contributed by atoms with Crippen LogP contribution in [0.4, 0.5) is 5.69 Å². The summed E-state index contributed by atoms with van der Waals surface area (Å²) in [4.78, 5) is 0. The molecule has 0 spiro atoms. The molecule has 0 fully saturated rings. The minimum absolute atomic E-state index is 0.0112. The van der Waals surface area contributed by atoms with E-state index in [0.29, 0.717) is 18.2 Å². The van der Waals surface area contributed by atoms with Gasteiger partial charge >= 0.3 is 0 Å². The van der Waals surface area contributed by atoms with Gasteiger partial charge in [-0.15, -0.1) is 11.6 Å². The lowest BCUT2D eigenvalue weighted by atomic mass is 10.3. The maximum absolute atomic E-state index is 8.55. The Labute approximate surface area is 105 Å². The topological polar surface area (TPSA) is 68.8 Å². The molecule has 0 saturated heterocycles. The number of allylic oxidation sites excluding steroid dienone is 1. The van der Waals surface area contributed by atoms with E-state index in [1.54, 1.807) is 36.4 Å². The predicted molar refractivity (Wildman–Crippen MR) is 65.6 cm³/mol. The number of rotatable bonds is 5. The molecule has 17 heavy (non-hydrogen) atoms. The van der Waals surface area contributed by atoms with E-state index >= 15 is 0 Å². The van der Waals surface area contributed by atoms with Crippen molar-refractivity contribution in [3.05, 3.63) is 36.0 Å². The van der Waals surface area contributed by atoms with Crippen LogP contribution in [0.5, 0.6) is 5.75 Å². The third kappa shape index (κ3) is 4.46. The maximum Gasteiger partial charge on any atom is 0.145 e. The minimum atomic E-state index is 0.0112. The molecule has 0 bridgehead atoms. The standard InChI is InChI=1S/C12H10ClN3O/c13-4-5-17-12-3-1-2-11(6-12)16-9-10(7-14)8-15/h1-3,6,9,16H,4-5H2. The normalized spacial score (nSPS) is 8.65. The summed E-state index contributed by atoms with van der Waals surface area (Å²) in [7, 11) is 0. The van der Waals surface area contributed by atoms with Gasteiger partial charge in [0, 0.05) is 18.0 Å². The first-order valence-electron chi connectivity index (χ1n) is 4.86. The van der Waals surface area contributed by atoms with E-state index < -0.39 is 0 Å². The van der Waals surface area contributed by atoms with Gasteiger partial charge in [-0.2, -0.15) is 10.5 Å². The van der Waals surface area contributed by atoms with Crippen LogP contribution in [0.2, 0.25) is 0 Å². The second-order valence-corrected chi connectivity index (χ2v) is 3.37. The van der Waals surface area contributed by atoms with Crippen molar-refractivity contribution in [2.24, 2.45) is 0 Å². The number of anilines is 1. The molecule has 1 N–H and O–H groups in total. The van der Waals surface area contributed by atoms with Gasteiger partial charge in [0.2, 0.25) is 0 Å². The molecule has 0 saturated carbocycles. The lowest BCUT2D eigenvalue weighted by molar-refractivity contribution is 0.343. The molecular weight excluding hydrogens is 238 g/mol. The summed E-state index contributed by atoms with van der Waals surface area (Å²) in [5.41, 5.74) is 0.747. The molecule has 0 aliphatic carbocycles. The molecular formula is C12H10ClN3O. The van der Waals surface area contributed by atoms with Gasteiger partial charge < -0.3 is 10.1 Å². The Bertz CT molecular complexity index is 469. The number of halogens is 1. The summed E-state index contributed by atoms with van der Waals surface area (Å²) < 4.78 is 5.33. The van der Waals surface area contributed by atoms with E-state index in [4.69, 9.17) is 26.9 Å². The number of nitriles is 2. The molecule has 86 valence electrons. The van der Waals surface area contributed by atoms with Gasteiger partial charge in [0.15, 0.2) is 0 Å². The fourth-order valence-corrected chi connectivity index (χ4v) is 1.15. The predicted octanol–water partition coefficient (Wildman–Crippen LogP) is 2.65. The highest BCUT2D eigenvalue weighted by molar-refractivity contribution is 6.18. The van der Waals surface area contributed by atoms with Crippen molar-refractivity contribution in [3.63, 3.8) is 0 Å². The molecule has 0 aromatic heterocycles. The molecule has 0 aliphatic rings. The van der Waals surface area contributed by atoms with Crippen LogP contribution < -0.4 is 10.1 Å². The lowest BCUT2D eigenvalue weighted by Gasteiger charge is -2.06. The van der Waals surface area contributed by atoms with Crippen LogP contribution >= 0.6 is 11.6 Å². The second-order valence-electron chi connectivity index (χ2n) is 2.99. The number of hydrogen-bond acceptors (Lipinski definition) is 4. The van der Waals surface area contributed by atoms with E-state index in [2.05, 4.69) is 5.32 Å². The summed E-state index contributed by atoms with van der Waals surface area (Å²) in [6.45, 7) is 0.433. The van der Waals surface area contributed by atoms with Gasteiger partial charge in [0.05, 0.1) is 5.88 Å². The maximum atomic E-state index is 8.55. The second kappa shape index (κ2) is 7.16. The van der Waals surface area contributed by atoms with Crippen LogP contribution in [0.15, 0.2) is 36.0 Å². The third-order valence-corrected chi connectivity index (χ3v) is 1.96. The SMILES string of the molecule is N#CC(C#N)=CNc1cccc(OCCCl)c1. The van der Waals surface area contributed by atoms with E-state index in [1.165, 1.54) is 6.20 Å². The van der Waals surface area contributed by atoms with Crippen molar-refractivity contribution in [1.82, 2.24) is 0 Å². The van der Waals surface area contributed by atoms with Gasteiger partial charge in [0.1, 0.15) is 30.1 Å². The zero-order valence-electron chi connectivity index (χ0n) is 8.98. The van der Waals surface area contributed by atoms with E-state index in [-0.39, 0.29) is 5.57 Å². The number of benzene rings is 1. The molecule has 1 aromatic rings. The molecule has 0 heterocycles. The summed E-state index contributed by atoms with van der Waals surface area (Å²) >= 11 is 5.51. The van der Waals surface area contributed by atoms with E-state index in [9.17, 15) is 0 Å². The summed E-state index contributed by atoms with van der Waals surface area (Å²) in [6, 6.07) is 10.7. The van der Waals surface area contributed by atoms with E-state index in [0.717, 1.165) is 5.69 Å². The van der Waals surface area contributed by atoms with Gasteiger partial charge in [-0.1, -0.05) is 6.07 Å². The number of nitrogens with one attached hydrogen (secondary N) is 1. The molecule has 0 amide bonds. The Balaban J connectivity index is 2.70. The number of ether oxygens (including phenoxy) is 1. The van der Waals surface area contributed by atoms with E-state index in [1.807, 2.05) is 0 Å². The Morgan fingerprint density at radius 1 is 1.41 bits per heavy atom. The van der Waals surface area contributed by atoms with Gasteiger partial charge in [-0.3, -0.25) is 0 Å². The Kier molecular flexibility index (Phi) is 5.43. The van der Waals surface area contributed by atoms with Crippen LogP contribution in [-0.2, 0) is 0 Å². The minimum Gasteiger partial charge on any atom is -0.492 e. The Hall–Kier alpha value is -2.17. The summed E-state index contributed by atoms with van der Waals surface area (Å²) in [6.07, 6.45) is 1.35. The highest BCUT2D eigenvalue weighted by atomic mass is 35.5. The quantitative estimate of drug-likeness (QED) is 0.642. The molecule has 5 heteroatoms. The van der Waals surface area contributed by atoms with Crippen LogP contribution in [0.3, 0.4) is 0 Å². The van der Waals surface area contributed by atoms with Gasteiger partial charge in [0.25, 0.3) is 0 Å². The molecule has 0 radical (unpaired) electrons. The lowest BCUT2D eigenvalue weighted by Crippen LogP contribution is -1.98. The van der Waals surface area contributed by atoms with Crippen LogP contribution in [0.25, 0.3) is 0 Å². The van der Waals surface area contributed by atoms with Crippen LogP contribution in [-0.4, -0.2) is 12.5 Å². The third-order valence-electron chi connectivity index (χ3n) is 1.80. The van der Waals surface area contributed by atoms with Crippen LogP contribution in [0, 0.1) is 22.7 Å². The zero-order chi connectivity index (χ0) is 12.5. The smallest absolute Gasteiger partial charge is 0.145 e. The van der Waals surface area contributed by atoms with Crippen molar-refractivity contribution in [2.75, 3.05) is 17.8 Å². The average molecular weight is 248 g/mol.